The Kier molecular flexibility index (Phi) is 4.52. The zero-order valence-corrected chi connectivity index (χ0v) is 11.5. The molecule has 7 heteroatoms. The van der Waals surface area contributed by atoms with E-state index in [1.165, 1.54) is 0 Å². The van der Waals surface area contributed by atoms with E-state index in [0.717, 1.165) is 12.8 Å². The van der Waals surface area contributed by atoms with E-state index in [4.69, 9.17) is 5.11 Å². The highest BCUT2D eigenvalue weighted by Crippen LogP contribution is 2.22. The Morgan fingerprint density at radius 3 is 2.62 bits per heavy atom. The van der Waals surface area contributed by atoms with E-state index in [2.05, 4.69) is 10.6 Å². The molecule has 0 bridgehead atoms. The Morgan fingerprint density at radius 1 is 1.33 bits per heavy atom. The van der Waals surface area contributed by atoms with Gasteiger partial charge in [0.1, 0.15) is 0 Å². The third-order valence-electron chi connectivity index (χ3n) is 3.60. The van der Waals surface area contributed by atoms with E-state index in [9.17, 15) is 18.4 Å². The van der Waals surface area contributed by atoms with Crippen molar-refractivity contribution in [3.63, 3.8) is 0 Å². The average Bonchev–Trinajstić information content (AvgIpc) is 2.42. The summed E-state index contributed by atoms with van der Waals surface area (Å²) in [5.74, 6) is -4.28. The van der Waals surface area contributed by atoms with Crippen LogP contribution in [0.2, 0.25) is 0 Å². The average molecular weight is 298 g/mol. The van der Waals surface area contributed by atoms with Crippen LogP contribution in [0.3, 0.4) is 0 Å². The van der Waals surface area contributed by atoms with Crippen LogP contribution in [-0.4, -0.2) is 29.6 Å². The van der Waals surface area contributed by atoms with Crippen LogP contribution in [0.25, 0.3) is 0 Å². The van der Waals surface area contributed by atoms with Crippen molar-refractivity contribution < 1.29 is 23.5 Å². The molecule has 0 aromatic heterocycles. The number of carboxylic acids is 1. The van der Waals surface area contributed by atoms with Gasteiger partial charge in [0.05, 0.1) is 17.3 Å². The fraction of sp³-hybridized carbons (Fsp3) is 0.429. The lowest BCUT2D eigenvalue weighted by atomic mass is 9.92. The molecule has 0 aliphatic carbocycles. The number of amides is 1. The van der Waals surface area contributed by atoms with E-state index < -0.39 is 35.1 Å². The van der Waals surface area contributed by atoms with Crippen LogP contribution in [0.15, 0.2) is 12.1 Å². The lowest BCUT2D eigenvalue weighted by Crippen LogP contribution is -2.48. The minimum absolute atomic E-state index is 0.0809. The summed E-state index contributed by atoms with van der Waals surface area (Å²) in [6.45, 7) is 2.59. The van der Waals surface area contributed by atoms with Crippen molar-refractivity contribution in [3.8, 4) is 0 Å². The molecular formula is C14H16F2N2O3. The predicted molar refractivity (Wildman–Crippen MR) is 72.1 cm³/mol. The summed E-state index contributed by atoms with van der Waals surface area (Å²) in [4.78, 5) is 23.2. The molecule has 0 radical (unpaired) electrons. The molecular weight excluding hydrogens is 282 g/mol. The van der Waals surface area contributed by atoms with Crippen LogP contribution in [-0.2, 0) is 4.79 Å². The van der Waals surface area contributed by atoms with Crippen molar-refractivity contribution in [1.82, 2.24) is 5.32 Å². The van der Waals surface area contributed by atoms with Gasteiger partial charge < -0.3 is 15.7 Å². The van der Waals surface area contributed by atoms with Crippen LogP contribution < -0.4 is 10.6 Å². The SMILES string of the molecule is CC1CCCNC1C(=O)Nc1cc(F)c(F)cc1C(=O)O. The van der Waals surface area contributed by atoms with Gasteiger partial charge in [-0.2, -0.15) is 0 Å². The van der Waals surface area contributed by atoms with Gasteiger partial charge in [0.2, 0.25) is 5.91 Å². The highest BCUT2D eigenvalue weighted by Gasteiger charge is 2.28. The molecule has 21 heavy (non-hydrogen) atoms. The molecule has 2 atom stereocenters. The molecule has 0 saturated carbocycles. The summed E-state index contributed by atoms with van der Waals surface area (Å²) in [6, 6.07) is 0.767. The Bertz CT molecular complexity index is 578. The third kappa shape index (κ3) is 3.36. The van der Waals surface area contributed by atoms with Gasteiger partial charge in [-0.25, -0.2) is 13.6 Å². The maximum Gasteiger partial charge on any atom is 0.337 e. The van der Waals surface area contributed by atoms with Gasteiger partial charge >= 0.3 is 5.97 Å². The molecule has 1 aromatic carbocycles. The van der Waals surface area contributed by atoms with Crippen molar-refractivity contribution in [3.05, 3.63) is 29.3 Å². The van der Waals surface area contributed by atoms with Gasteiger partial charge in [-0.15, -0.1) is 0 Å². The molecule has 1 amide bonds. The van der Waals surface area contributed by atoms with Gasteiger partial charge in [-0.1, -0.05) is 6.92 Å². The summed E-state index contributed by atoms with van der Waals surface area (Å²) in [5.41, 5.74) is -0.725. The van der Waals surface area contributed by atoms with Crippen molar-refractivity contribution in [2.24, 2.45) is 5.92 Å². The Morgan fingerprint density at radius 2 is 2.00 bits per heavy atom. The maximum absolute atomic E-state index is 13.3. The fourth-order valence-corrected chi connectivity index (χ4v) is 2.44. The standard InChI is InChI=1S/C14H16F2N2O3/c1-7-3-2-4-17-12(7)13(19)18-11-6-10(16)9(15)5-8(11)14(20)21/h5-7,12,17H,2-4H2,1H3,(H,18,19)(H,20,21). The largest absolute Gasteiger partial charge is 0.478 e. The molecule has 1 aliphatic heterocycles. The van der Waals surface area contributed by atoms with E-state index >= 15 is 0 Å². The molecule has 3 N–H and O–H groups in total. The molecule has 2 rings (SSSR count). The third-order valence-corrected chi connectivity index (χ3v) is 3.60. The van der Waals surface area contributed by atoms with Crippen LogP contribution in [0, 0.1) is 17.6 Å². The highest BCUT2D eigenvalue weighted by atomic mass is 19.2. The van der Waals surface area contributed by atoms with E-state index in [0.29, 0.717) is 18.7 Å². The molecule has 1 aliphatic rings. The number of carbonyl (C=O) groups is 2. The number of anilines is 1. The van der Waals surface area contributed by atoms with Gasteiger partial charge in [0, 0.05) is 6.07 Å². The summed E-state index contributed by atoms with van der Waals surface area (Å²) in [5, 5.41) is 14.4. The van der Waals surface area contributed by atoms with E-state index in [-0.39, 0.29) is 11.6 Å². The number of benzene rings is 1. The second-order valence-corrected chi connectivity index (χ2v) is 5.16. The minimum atomic E-state index is -1.44. The zero-order chi connectivity index (χ0) is 15.6. The Labute approximate surface area is 120 Å². The molecule has 5 nitrogen and oxygen atoms in total. The Balaban J connectivity index is 2.24. The molecule has 1 heterocycles. The summed E-state index contributed by atoms with van der Waals surface area (Å²) >= 11 is 0. The van der Waals surface area contributed by atoms with Crippen molar-refractivity contribution in [2.45, 2.75) is 25.8 Å². The molecule has 2 unspecified atom stereocenters. The number of hydrogen-bond acceptors (Lipinski definition) is 3. The minimum Gasteiger partial charge on any atom is -0.478 e. The van der Waals surface area contributed by atoms with Crippen molar-refractivity contribution in [2.75, 3.05) is 11.9 Å². The maximum atomic E-state index is 13.3. The van der Waals surface area contributed by atoms with Crippen LogP contribution >= 0.6 is 0 Å². The lowest BCUT2D eigenvalue weighted by molar-refractivity contribution is -0.119. The highest BCUT2D eigenvalue weighted by molar-refractivity contribution is 6.02. The first-order chi connectivity index (χ1) is 9.90. The van der Waals surface area contributed by atoms with Crippen LogP contribution in [0.1, 0.15) is 30.1 Å². The molecule has 0 spiro atoms. The smallest absolute Gasteiger partial charge is 0.337 e. The van der Waals surface area contributed by atoms with Gasteiger partial charge in [0.15, 0.2) is 11.6 Å². The van der Waals surface area contributed by atoms with Crippen LogP contribution in [0.4, 0.5) is 14.5 Å². The summed E-state index contributed by atoms with van der Waals surface area (Å²) in [7, 11) is 0. The molecule has 1 fully saturated rings. The van der Waals surface area contributed by atoms with Crippen LogP contribution in [0.5, 0.6) is 0 Å². The molecule has 1 aromatic rings. The number of piperidine rings is 1. The molecule has 1 saturated heterocycles. The number of hydrogen-bond donors (Lipinski definition) is 3. The summed E-state index contributed by atoms with van der Waals surface area (Å²) < 4.78 is 26.4. The number of rotatable bonds is 3. The fourth-order valence-electron chi connectivity index (χ4n) is 2.44. The van der Waals surface area contributed by atoms with E-state index in [1.54, 1.807) is 0 Å². The second kappa shape index (κ2) is 6.17. The molecule has 114 valence electrons. The number of aromatic carboxylic acids is 1. The lowest BCUT2D eigenvalue weighted by Gasteiger charge is -2.29. The van der Waals surface area contributed by atoms with Crippen molar-refractivity contribution >= 4 is 17.6 Å². The second-order valence-electron chi connectivity index (χ2n) is 5.16. The van der Waals surface area contributed by atoms with Gasteiger partial charge in [-0.05, 0) is 31.4 Å². The topological polar surface area (TPSA) is 78.4 Å². The quantitative estimate of drug-likeness (QED) is 0.797. The van der Waals surface area contributed by atoms with Crippen molar-refractivity contribution in [1.29, 1.82) is 0 Å². The van der Waals surface area contributed by atoms with Gasteiger partial charge in [0.25, 0.3) is 0 Å². The number of carboxylic acid groups (broad SMARTS) is 1. The number of carbonyl (C=O) groups excluding carboxylic acids is 1. The first-order valence-electron chi connectivity index (χ1n) is 6.66. The predicted octanol–water partition coefficient (Wildman–Crippen LogP) is 1.99. The zero-order valence-electron chi connectivity index (χ0n) is 11.5. The summed E-state index contributed by atoms with van der Waals surface area (Å²) in [6.07, 6.45) is 1.82. The monoisotopic (exact) mass is 298 g/mol. The first-order valence-corrected chi connectivity index (χ1v) is 6.66. The van der Waals surface area contributed by atoms with Gasteiger partial charge in [-0.3, -0.25) is 4.79 Å². The normalized spacial score (nSPS) is 21.9. The number of halogens is 2. The number of nitrogens with one attached hydrogen (secondary N) is 2. The van der Waals surface area contributed by atoms with E-state index in [1.807, 2.05) is 6.92 Å². The first kappa shape index (κ1) is 15.4. The Hall–Kier alpha value is -2.02.